The van der Waals surface area contributed by atoms with E-state index in [0.29, 0.717) is 30.2 Å². The van der Waals surface area contributed by atoms with Crippen molar-refractivity contribution in [2.75, 3.05) is 25.1 Å². The number of H-pyrrole nitrogens is 1. The Morgan fingerprint density at radius 3 is 2.80 bits per heavy atom. The molecule has 1 unspecified atom stereocenters. The minimum Gasteiger partial charge on any atom is -0.396 e. The first kappa shape index (κ1) is 19.5. The number of aliphatic hydroxyl groups is 2. The molecule has 1 aliphatic rings. The largest absolute Gasteiger partial charge is 0.396 e. The molecule has 10 heteroatoms. The first-order valence-corrected chi connectivity index (χ1v) is 8.35. The maximum absolute atomic E-state index is 12.9. The van der Waals surface area contributed by atoms with Crippen LogP contribution in [0.15, 0.2) is 16.1 Å². The second-order valence-electron chi connectivity index (χ2n) is 5.96. The molecule has 2 heterocycles. The normalized spacial score (nSPS) is 18.8. The highest BCUT2D eigenvalue weighted by molar-refractivity contribution is 7.84. The molecule has 0 saturated carbocycles. The molecular formula is C15H23BN5O3S+. The molecular weight excluding hydrogens is 341 g/mol. The zero-order valence-electron chi connectivity index (χ0n) is 14.6. The van der Waals surface area contributed by atoms with E-state index < -0.39 is 6.35 Å². The molecule has 0 fully saturated rings. The van der Waals surface area contributed by atoms with Crippen molar-refractivity contribution < 1.29 is 19.6 Å². The number of aromatic amines is 1. The zero-order valence-corrected chi connectivity index (χ0v) is 15.5. The van der Waals surface area contributed by atoms with Crippen LogP contribution in [0, 0.1) is 0 Å². The molecule has 2 radical (unpaired) electrons. The number of rotatable bonds is 6. The maximum atomic E-state index is 12.9. The summed E-state index contributed by atoms with van der Waals surface area (Å²) in [5.41, 5.74) is 1.39. The standard InChI is InChI=1S/C15H22BN5O3S/c1-9(17-7-10(2)25)8-21-11-12(18-14(21)16)19(3)15(24)20(13(11)23)5-4-6-22/h7,15,22,24-25H,4-6,8H2,1-3H3/p+1/b10-7-,17-9?. The molecule has 0 aliphatic carbocycles. The fourth-order valence-corrected chi connectivity index (χ4v) is 2.69. The Morgan fingerprint density at radius 2 is 2.20 bits per heavy atom. The molecule has 1 aliphatic heterocycles. The molecule has 134 valence electrons. The summed E-state index contributed by atoms with van der Waals surface area (Å²) in [4.78, 5) is 23.7. The van der Waals surface area contributed by atoms with Gasteiger partial charge < -0.3 is 10.2 Å². The Labute approximate surface area is 153 Å². The molecule has 1 atom stereocenters. The van der Waals surface area contributed by atoms with E-state index in [1.807, 2.05) is 13.8 Å². The van der Waals surface area contributed by atoms with Crippen molar-refractivity contribution in [3.8, 4) is 0 Å². The van der Waals surface area contributed by atoms with Crippen molar-refractivity contribution in [3.05, 3.63) is 16.8 Å². The van der Waals surface area contributed by atoms with E-state index in [0.717, 1.165) is 10.6 Å². The summed E-state index contributed by atoms with van der Waals surface area (Å²) < 4.78 is 1.63. The van der Waals surface area contributed by atoms with Gasteiger partial charge in [0.1, 0.15) is 6.54 Å². The van der Waals surface area contributed by atoms with Crippen molar-refractivity contribution in [1.29, 1.82) is 0 Å². The third-order valence-corrected chi connectivity index (χ3v) is 4.00. The fourth-order valence-electron chi connectivity index (χ4n) is 2.63. The fraction of sp³-hybridized carbons (Fsp3) is 0.533. The van der Waals surface area contributed by atoms with E-state index in [4.69, 9.17) is 13.0 Å². The summed E-state index contributed by atoms with van der Waals surface area (Å²) in [5, 5.41) is 19.4. The van der Waals surface area contributed by atoms with Gasteiger partial charge in [0.25, 0.3) is 11.5 Å². The minimum atomic E-state index is -1.12. The van der Waals surface area contributed by atoms with Crippen molar-refractivity contribution >= 4 is 43.6 Å². The second kappa shape index (κ2) is 8.07. The number of aliphatic imine (C=N–C) groups is 1. The van der Waals surface area contributed by atoms with E-state index in [1.54, 1.807) is 17.8 Å². The van der Waals surface area contributed by atoms with Gasteiger partial charge in [0.15, 0.2) is 5.72 Å². The van der Waals surface area contributed by atoms with Gasteiger partial charge in [-0.05, 0) is 25.2 Å². The van der Waals surface area contributed by atoms with E-state index >= 15 is 0 Å². The lowest BCUT2D eigenvalue weighted by molar-refractivity contribution is -0.665. The van der Waals surface area contributed by atoms with Crippen molar-refractivity contribution in [2.24, 2.45) is 4.99 Å². The number of nitrogens with zero attached hydrogens (tertiary/aromatic N) is 4. The Hall–Kier alpha value is -1.78. The van der Waals surface area contributed by atoms with Gasteiger partial charge in [-0.1, -0.05) is 0 Å². The number of carbonyl (C=O) groups excluding carboxylic acids is 1. The quantitative estimate of drug-likeness (QED) is 0.223. The van der Waals surface area contributed by atoms with Crippen molar-refractivity contribution in [3.63, 3.8) is 0 Å². The van der Waals surface area contributed by atoms with Crippen molar-refractivity contribution in [1.82, 2.24) is 9.88 Å². The van der Waals surface area contributed by atoms with E-state index in [1.165, 1.54) is 9.80 Å². The Bertz CT molecular complexity index is 714. The van der Waals surface area contributed by atoms with E-state index in [9.17, 15) is 9.90 Å². The summed E-state index contributed by atoms with van der Waals surface area (Å²) >= 11 is 4.17. The monoisotopic (exact) mass is 364 g/mol. The van der Waals surface area contributed by atoms with Gasteiger partial charge >= 0.3 is 5.91 Å². The number of fused-ring (bicyclic) bond motifs is 1. The zero-order chi connectivity index (χ0) is 18.7. The first-order valence-electron chi connectivity index (χ1n) is 7.91. The summed E-state index contributed by atoms with van der Waals surface area (Å²) in [5.74, 6) is 0.0969. The molecule has 1 aromatic heterocycles. The Morgan fingerprint density at radius 1 is 1.52 bits per heavy atom. The molecule has 2 rings (SSSR count). The average Bonchev–Trinajstić information content (AvgIpc) is 2.88. The number of anilines is 1. The summed E-state index contributed by atoms with van der Waals surface area (Å²) in [6.45, 7) is 4.13. The number of hydrogen-bond donors (Lipinski definition) is 4. The Balaban J connectivity index is 2.40. The number of imidazole rings is 1. The third kappa shape index (κ3) is 4.08. The van der Waals surface area contributed by atoms with Crippen LogP contribution in [0.25, 0.3) is 0 Å². The second-order valence-corrected chi connectivity index (χ2v) is 6.67. The third-order valence-electron chi connectivity index (χ3n) is 3.89. The number of amides is 1. The first-order chi connectivity index (χ1) is 11.8. The number of thiol groups is 1. The SMILES string of the molecule is [B]c1[nH]c2c([n+]1CC(C)=N/C=C(/C)S)C(=O)N(CCCO)C(O)N2C. The number of hydrogen-bond acceptors (Lipinski definition) is 6. The molecule has 8 nitrogen and oxygen atoms in total. The van der Waals surface area contributed by atoms with Gasteiger partial charge in [0.2, 0.25) is 14.2 Å². The van der Waals surface area contributed by atoms with Gasteiger partial charge in [-0.3, -0.25) is 19.6 Å². The molecule has 1 amide bonds. The van der Waals surface area contributed by atoms with Gasteiger partial charge in [-0.25, -0.2) is 9.55 Å². The molecule has 0 spiro atoms. The van der Waals surface area contributed by atoms with Gasteiger partial charge in [-0.2, -0.15) is 0 Å². The van der Waals surface area contributed by atoms with Gasteiger partial charge in [0.05, 0.1) is 5.71 Å². The number of allylic oxidation sites excluding steroid dienone is 1. The van der Waals surface area contributed by atoms with Crippen LogP contribution < -0.4 is 15.2 Å². The highest BCUT2D eigenvalue weighted by Crippen LogP contribution is 2.24. The van der Waals surface area contributed by atoms with Gasteiger partial charge in [-0.15, -0.1) is 12.6 Å². The predicted octanol–water partition coefficient (Wildman–Crippen LogP) is -1.10. The molecule has 3 N–H and O–H groups in total. The highest BCUT2D eigenvalue weighted by Gasteiger charge is 2.43. The van der Waals surface area contributed by atoms with Crippen LogP contribution in [0.5, 0.6) is 0 Å². The minimum absolute atomic E-state index is 0.0659. The summed E-state index contributed by atoms with van der Waals surface area (Å²) in [7, 11) is 7.71. The highest BCUT2D eigenvalue weighted by atomic mass is 32.1. The van der Waals surface area contributed by atoms with Crippen LogP contribution in [0.3, 0.4) is 0 Å². The molecule has 0 bridgehead atoms. The molecule has 1 aromatic rings. The summed E-state index contributed by atoms with van der Waals surface area (Å²) in [6, 6.07) is 0. The molecule has 0 saturated heterocycles. The maximum Gasteiger partial charge on any atom is 0.303 e. The lowest BCUT2D eigenvalue weighted by atomic mass is 10.1. The summed E-state index contributed by atoms with van der Waals surface area (Å²) in [6.07, 6.45) is 0.875. The smallest absolute Gasteiger partial charge is 0.303 e. The van der Waals surface area contributed by atoms with E-state index in [2.05, 4.69) is 22.6 Å². The van der Waals surface area contributed by atoms with Crippen LogP contribution in [0.1, 0.15) is 30.8 Å². The number of aromatic nitrogens is 2. The topological polar surface area (TPSA) is 96.0 Å². The molecule has 25 heavy (non-hydrogen) atoms. The van der Waals surface area contributed by atoms with Crippen LogP contribution in [0.2, 0.25) is 0 Å². The van der Waals surface area contributed by atoms with Crippen LogP contribution in [-0.2, 0) is 6.54 Å². The van der Waals surface area contributed by atoms with Gasteiger partial charge in [0, 0.05) is 26.4 Å². The van der Waals surface area contributed by atoms with Crippen LogP contribution in [0.4, 0.5) is 5.82 Å². The number of carbonyl (C=O) groups is 1. The lowest BCUT2D eigenvalue weighted by Gasteiger charge is -2.36. The average molecular weight is 364 g/mol. The van der Waals surface area contributed by atoms with Crippen LogP contribution >= 0.6 is 12.6 Å². The van der Waals surface area contributed by atoms with E-state index in [-0.39, 0.29) is 19.1 Å². The van der Waals surface area contributed by atoms with Crippen LogP contribution in [-0.4, -0.2) is 66.1 Å². The molecule has 0 aromatic carbocycles. The Kier molecular flexibility index (Phi) is 6.31. The number of aliphatic hydroxyl groups excluding tert-OH is 2. The van der Waals surface area contributed by atoms with Crippen molar-refractivity contribution in [2.45, 2.75) is 33.2 Å². The lowest BCUT2D eigenvalue weighted by Crippen LogP contribution is -2.60. The number of nitrogens with one attached hydrogen (secondary N) is 1. The predicted molar refractivity (Wildman–Crippen MR) is 99.4 cm³/mol.